The van der Waals surface area contributed by atoms with E-state index in [1.165, 1.54) is 22.3 Å². The summed E-state index contributed by atoms with van der Waals surface area (Å²) >= 11 is 0. The summed E-state index contributed by atoms with van der Waals surface area (Å²) in [6.45, 7) is 9.09. The predicted octanol–water partition coefficient (Wildman–Crippen LogP) is 6.61. The van der Waals surface area contributed by atoms with Crippen LogP contribution in [-0.4, -0.2) is 12.6 Å². The summed E-state index contributed by atoms with van der Waals surface area (Å²) in [5.74, 6) is 0.779. The van der Waals surface area contributed by atoms with Gasteiger partial charge >= 0.3 is 5.97 Å². The van der Waals surface area contributed by atoms with Crippen molar-refractivity contribution < 1.29 is 14.3 Å². The van der Waals surface area contributed by atoms with Crippen LogP contribution in [0.15, 0.2) is 66.7 Å². The summed E-state index contributed by atoms with van der Waals surface area (Å²) in [7, 11) is 0. The molecule has 0 saturated heterocycles. The molecule has 30 heavy (non-hydrogen) atoms. The van der Waals surface area contributed by atoms with Gasteiger partial charge in [0.25, 0.3) is 0 Å². The van der Waals surface area contributed by atoms with E-state index in [-0.39, 0.29) is 11.9 Å². The van der Waals surface area contributed by atoms with Gasteiger partial charge in [0.15, 0.2) is 0 Å². The van der Waals surface area contributed by atoms with Crippen molar-refractivity contribution in [1.82, 2.24) is 0 Å². The van der Waals surface area contributed by atoms with Crippen LogP contribution in [0.25, 0.3) is 11.1 Å². The quantitative estimate of drug-likeness (QED) is 0.398. The molecule has 0 saturated carbocycles. The molecule has 0 bridgehead atoms. The molecule has 0 spiro atoms. The van der Waals surface area contributed by atoms with E-state index in [9.17, 15) is 4.79 Å². The second-order valence-electron chi connectivity index (χ2n) is 7.74. The molecular weight excluding hydrogens is 372 g/mol. The summed E-state index contributed by atoms with van der Waals surface area (Å²) in [6.07, 6.45) is 0.388. The number of carbonyl (C=O) groups excluding carboxylic acids is 1. The highest BCUT2D eigenvalue weighted by Crippen LogP contribution is 2.28. The lowest BCUT2D eigenvalue weighted by atomic mass is 9.95. The van der Waals surface area contributed by atoms with Crippen molar-refractivity contribution >= 4 is 5.97 Å². The molecule has 0 N–H and O–H groups in total. The maximum absolute atomic E-state index is 11.7. The number of esters is 1. The van der Waals surface area contributed by atoms with Crippen LogP contribution in [0, 0.1) is 13.8 Å². The van der Waals surface area contributed by atoms with Gasteiger partial charge in [-0.3, -0.25) is 4.79 Å². The molecule has 3 rings (SSSR count). The zero-order valence-electron chi connectivity index (χ0n) is 18.3. The van der Waals surface area contributed by atoms with Crippen molar-refractivity contribution in [3.63, 3.8) is 0 Å². The Morgan fingerprint density at radius 1 is 0.933 bits per heavy atom. The maximum atomic E-state index is 11.7. The normalized spacial score (nSPS) is 11.7. The minimum Gasteiger partial charge on any atom is -0.489 e. The van der Waals surface area contributed by atoms with Crippen LogP contribution in [-0.2, 0) is 16.1 Å². The van der Waals surface area contributed by atoms with Gasteiger partial charge in [-0.1, -0.05) is 55.5 Å². The Bertz CT molecular complexity index is 969. The first kappa shape index (κ1) is 21.6. The summed E-state index contributed by atoms with van der Waals surface area (Å²) in [6, 6.07) is 22.9. The van der Waals surface area contributed by atoms with E-state index in [0.717, 1.165) is 16.9 Å². The Morgan fingerprint density at radius 3 is 2.27 bits per heavy atom. The lowest BCUT2D eigenvalue weighted by Gasteiger charge is -2.13. The van der Waals surface area contributed by atoms with Crippen LogP contribution >= 0.6 is 0 Å². The molecule has 1 unspecified atom stereocenters. The lowest BCUT2D eigenvalue weighted by molar-refractivity contribution is -0.143. The van der Waals surface area contributed by atoms with E-state index in [1.54, 1.807) is 0 Å². The monoisotopic (exact) mass is 402 g/mol. The molecular formula is C27H30O3. The number of carbonyl (C=O) groups is 1. The van der Waals surface area contributed by atoms with E-state index < -0.39 is 0 Å². The molecule has 3 aromatic rings. The minimum atomic E-state index is -0.158. The fourth-order valence-electron chi connectivity index (χ4n) is 3.73. The Hall–Kier alpha value is -3.07. The van der Waals surface area contributed by atoms with Gasteiger partial charge in [-0.05, 0) is 78.3 Å². The highest BCUT2D eigenvalue weighted by Gasteiger charge is 2.12. The van der Waals surface area contributed by atoms with Crippen molar-refractivity contribution in [2.45, 2.75) is 46.6 Å². The fraction of sp³-hybridized carbons (Fsp3) is 0.296. The third-order valence-corrected chi connectivity index (χ3v) is 5.33. The van der Waals surface area contributed by atoms with Crippen LogP contribution < -0.4 is 4.74 Å². The van der Waals surface area contributed by atoms with Crippen molar-refractivity contribution in [1.29, 1.82) is 0 Å². The van der Waals surface area contributed by atoms with Gasteiger partial charge in [-0.2, -0.15) is 0 Å². The zero-order chi connectivity index (χ0) is 21.5. The van der Waals surface area contributed by atoms with Crippen LogP contribution in [0.2, 0.25) is 0 Å². The third-order valence-electron chi connectivity index (χ3n) is 5.33. The van der Waals surface area contributed by atoms with Gasteiger partial charge in [0, 0.05) is 0 Å². The molecule has 0 aromatic heterocycles. The molecule has 0 aliphatic carbocycles. The molecule has 0 heterocycles. The number of hydrogen-bond donors (Lipinski definition) is 0. The van der Waals surface area contributed by atoms with Crippen molar-refractivity contribution in [3.05, 3.63) is 89.0 Å². The second kappa shape index (κ2) is 10.1. The smallest absolute Gasteiger partial charge is 0.306 e. The van der Waals surface area contributed by atoms with E-state index in [2.05, 4.69) is 56.3 Å². The molecule has 156 valence electrons. The van der Waals surface area contributed by atoms with Crippen molar-refractivity contribution in [2.75, 3.05) is 6.61 Å². The van der Waals surface area contributed by atoms with Crippen LogP contribution in [0.3, 0.4) is 0 Å². The summed E-state index contributed by atoms with van der Waals surface area (Å²) in [5, 5.41) is 0. The fourth-order valence-corrected chi connectivity index (χ4v) is 3.73. The Kier molecular flexibility index (Phi) is 7.29. The van der Waals surface area contributed by atoms with Crippen LogP contribution in [0.5, 0.6) is 5.75 Å². The number of aryl methyl sites for hydroxylation is 2. The molecule has 0 fully saturated rings. The predicted molar refractivity (Wildman–Crippen MR) is 122 cm³/mol. The first-order valence-electron chi connectivity index (χ1n) is 10.5. The average molecular weight is 403 g/mol. The molecule has 0 radical (unpaired) electrons. The van der Waals surface area contributed by atoms with E-state index in [4.69, 9.17) is 9.47 Å². The maximum Gasteiger partial charge on any atom is 0.306 e. The van der Waals surface area contributed by atoms with E-state index >= 15 is 0 Å². The Labute approximate surface area is 179 Å². The SMILES string of the molecule is CCOC(=O)CC(C)c1ccc(OCc2cccc(-c3c(C)cccc3C)c2)cc1. The summed E-state index contributed by atoms with van der Waals surface area (Å²) < 4.78 is 11.0. The average Bonchev–Trinajstić information content (AvgIpc) is 2.73. The minimum absolute atomic E-state index is 0.118. The third kappa shape index (κ3) is 5.50. The highest BCUT2D eigenvalue weighted by atomic mass is 16.5. The Balaban J connectivity index is 1.64. The molecule has 0 aliphatic heterocycles. The second-order valence-corrected chi connectivity index (χ2v) is 7.74. The highest BCUT2D eigenvalue weighted by molar-refractivity contribution is 5.71. The number of ether oxygens (including phenoxy) is 2. The Morgan fingerprint density at radius 2 is 1.60 bits per heavy atom. The largest absolute Gasteiger partial charge is 0.489 e. The van der Waals surface area contributed by atoms with Gasteiger partial charge in [0.05, 0.1) is 13.0 Å². The number of hydrogen-bond acceptors (Lipinski definition) is 3. The number of rotatable bonds is 8. The number of benzene rings is 3. The van der Waals surface area contributed by atoms with Crippen molar-refractivity contribution in [2.24, 2.45) is 0 Å². The molecule has 3 heteroatoms. The lowest BCUT2D eigenvalue weighted by Crippen LogP contribution is -2.08. The summed E-state index contributed by atoms with van der Waals surface area (Å²) in [4.78, 5) is 11.7. The molecule has 0 amide bonds. The van der Waals surface area contributed by atoms with Gasteiger partial charge in [0.1, 0.15) is 12.4 Å². The van der Waals surface area contributed by atoms with E-state index in [0.29, 0.717) is 19.6 Å². The topological polar surface area (TPSA) is 35.5 Å². The summed E-state index contributed by atoms with van der Waals surface area (Å²) in [5.41, 5.74) is 7.30. The molecule has 1 atom stereocenters. The van der Waals surface area contributed by atoms with Crippen LogP contribution in [0.4, 0.5) is 0 Å². The first-order valence-corrected chi connectivity index (χ1v) is 10.5. The molecule has 0 aliphatic rings. The van der Waals surface area contributed by atoms with Gasteiger partial charge in [-0.15, -0.1) is 0 Å². The van der Waals surface area contributed by atoms with Crippen molar-refractivity contribution in [3.8, 4) is 16.9 Å². The zero-order valence-corrected chi connectivity index (χ0v) is 18.3. The standard InChI is InChI=1S/C27H30O3/c1-5-29-26(28)16-21(4)23-12-14-25(15-13-23)30-18-22-10-7-11-24(17-22)27-19(2)8-6-9-20(27)3/h6-15,17,21H,5,16,18H2,1-4H3. The van der Waals surface area contributed by atoms with E-state index in [1.807, 2.05) is 38.1 Å². The van der Waals surface area contributed by atoms with Gasteiger partial charge in [-0.25, -0.2) is 0 Å². The van der Waals surface area contributed by atoms with Gasteiger partial charge in [0.2, 0.25) is 0 Å². The molecule has 3 aromatic carbocycles. The van der Waals surface area contributed by atoms with Crippen LogP contribution in [0.1, 0.15) is 48.4 Å². The first-order chi connectivity index (χ1) is 14.5. The van der Waals surface area contributed by atoms with Gasteiger partial charge < -0.3 is 9.47 Å². The molecule has 3 nitrogen and oxygen atoms in total.